The minimum Gasteiger partial charge on any atom is -0.327 e. The van der Waals surface area contributed by atoms with Gasteiger partial charge in [0, 0.05) is 12.1 Å². The van der Waals surface area contributed by atoms with Gasteiger partial charge in [-0.2, -0.15) is 0 Å². The van der Waals surface area contributed by atoms with Gasteiger partial charge < -0.3 is 11.5 Å². The summed E-state index contributed by atoms with van der Waals surface area (Å²) in [4.78, 5) is 0. The van der Waals surface area contributed by atoms with Crippen LogP contribution in [0.15, 0.2) is 0 Å². The van der Waals surface area contributed by atoms with Crippen molar-refractivity contribution in [2.45, 2.75) is 70.9 Å². The molecule has 0 radical (unpaired) electrons. The molecule has 2 nitrogen and oxygen atoms in total. The molecule has 0 spiro atoms. The van der Waals surface area contributed by atoms with E-state index >= 15 is 0 Å². The summed E-state index contributed by atoms with van der Waals surface area (Å²) >= 11 is 0. The van der Waals surface area contributed by atoms with E-state index < -0.39 is 0 Å². The maximum atomic E-state index is 6.20. The number of nitrogens with two attached hydrogens (primary N) is 2. The van der Waals surface area contributed by atoms with Crippen LogP contribution in [0, 0.1) is 23.7 Å². The predicted octanol–water partition coefficient (Wildman–Crippen LogP) is 2.90. The summed E-state index contributed by atoms with van der Waals surface area (Å²) in [5, 5.41) is 0. The zero-order chi connectivity index (χ0) is 12.4. The number of hydrogen-bond acceptors (Lipinski definition) is 2. The monoisotopic (exact) mass is 238 g/mol. The molecule has 0 aromatic carbocycles. The van der Waals surface area contributed by atoms with Crippen LogP contribution in [0.5, 0.6) is 0 Å². The molecule has 0 bridgehead atoms. The first-order valence-corrected chi connectivity index (χ1v) is 7.57. The van der Waals surface area contributed by atoms with Crippen LogP contribution < -0.4 is 11.5 Å². The van der Waals surface area contributed by atoms with Gasteiger partial charge in [0.1, 0.15) is 0 Å². The van der Waals surface area contributed by atoms with Gasteiger partial charge in [0.25, 0.3) is 0 Å². The maximum absolute atomic E-state index is 6.20. The smallest absolute Gasteiger partial charge is 0.00671 e. The van der Waals surface area contributed by atoms with Crippen molar-refractivity contribution in [2.75, 3.05) is 0 Å². The standard InChI is InChI=1S/C15H30N2/c1-10-3-5-12(8-14(10)16)7-13-6-4-11(2)15(17)9-13/h10-15H,3-9,16-17H2,1-2H3. The minimum absolute atomic E-state index is 0.449. The van der Waals surface area contributed by atoms with Gasteiger partial charge in [-0.1, -0.05) is 26.7 Å². The lowest BCUT2D eigenvalue weighted by Gasteiger charge is -2.37. The van der Waals surface area contributed by atoms with Gasteiger partial charge in [0.15, 0.2) is 0 Å². The van der Waals surface area contributed by atoms with Crippen LogP contribution >= 0.6 is 0 Å². The average Bonchev–Trinajstić information content (AvgIpc) is 2.29. The van der Waals surface area contributed by atoms with E-state index in [4.69, 9.17) is 11.5 Å². The third-order valence-electron chi connectivity index (χ3n) is 5.40. The molecule has 4 N–H and O–H groups in total. The summed E-state index contributed by atoms with van der Waals surface area (Å²) in [7, 11) is 0. The second-order valence-corrected chi connectivity index (χ2v) is 6.88. The molecule has 2 heteroatoms. The summed E-state index contributed by atoms with van der Waals surface area (Å²) in [5.41, 5.74) is 12.4. The molecule has 0 amide bonds. The molecular weight excluding hydrogens is 208 g/mol. The summed E-state index contributed by atoms with van der Waals surface area (Å²) in [6.07, 6.45) is 9.36. The van der Waals surface area contributed by atoms with E-state index in [1.165, 1.54) is 44.9 Å². The number of rotatable bonds is 2. The van der Waals surface area contributed by atoms with E-state index in [9.17, 15) is 0 Å². The van der Waals surface area contributed by atoms with Crippen molar-refractivity contribution in [3.05, 3.63) is 0 Å². The van der Waals surface area contributed by atoms with Crippen molar-refractivity contribution < 1.29 is 0 Å². The van der Waals surface area contributed by atoms with Crippen molar-refractivity contribution in [2.24, 2.45) is 35.1 Å². The number of hydrogen-bond donors (Lipinski definition) is 2. The highest BCUT2D eigenvalue weighted by atomic mass is 14.7. The summed E-state index contributed by atoms with van der Waals surface area (Å²) in [6, 6.07) is 0.898. The molecule has 2 aliphatic rings. The van der Waals surface area contributed by atoms with Gasteiger partial charge in [-0.05, 0) is 55.8 Å². The van der Waals surface area contributed by atoms with Gasteiger partial charge in [0.05, 0.1) is 0 Å². The Balaban J connectivity index is 1.78. The molecule has 2 rings (SSSR count). The van der Waals surface area contributed by atoms with E-state index in [2.05, 4.69) is 13.8 Å². The molecule has 0 aliphatic heterocycles. The van der Waals surface area contributed by atoms with E-state index in [0.29, 0.717) is 12.1 Å². The summed E-state index contributed by atoms with van der Waals surface area (Å²) < 4.78 is 0. The Morgan fingerprint density at radius 1 is 0.765 bits per heavy atom. The average molecular weight is 238 g/mol. The molecule has 0 saturated heterocycles. The molecule has 0 aromatic rings. The predicted molar refractivity (Wildman–Crippen MR) is 73.6 cm³/mol. The quantitative estimate of drug-likeness (QED) is 0.777. The lowest BCUT2D eigenvalue weighted by molar-refractivity contribution is 0.174. The second-order valence-electron chi connectivity index (χ2n) is 6.88. The van der Waals surface area contributed by atoms with Gasteiger partial charge in [-0.25, -0.2) is 0 Å². The third kappa shape index (κ3) is 3.45. The molecule has 6 atom stereocenters. The van der Waals surface area contributed by atoms with Gasteiger partial charge in [0.2, 0.25) is 0 Å². The van der Waals surface area contributed by atoms with Gasteiger partial charge >= 0.3 is 0 Å². The van der Waals surface area contributed by atoms with Gasteiger partial charge in [-0.3, -0.25) is 0 Å². The highest BCUT2D eigenvalue weighted by molar-refractivity contribution is 4.85. The Hall–Kier alpha value is -0.0800. The Bertz CT molecular complexity index is 217. The van der Waals surface area contributed by atoms with Crippen LogP contribution in [-0.4, -0.2) is 12.1 Å². The van der Waals surface area contributed by atoms with Crippen LogP contribution in [0.25, 0.3) is 0 Å². The SMILES string of the molecule is CC1CCC(CC2CCC(C)C(N)C2)CC1N. The Kier molecular flexibility index (Phi) is 4.48. The van der Waals surface area contributed by atoms with E-state index in [0.717, 1.165) is 23.7 Å². The van der Waals surface area contributed by atoms with Crippen LogP contribution in [0.2, 0.25) is 0 Å². The second kappa shape index (κ2) is 5.71. The fourth-order valence-corrected chi connectivity index (χ4v) is 3.80. The van der Waals surface area contributed by atoms with Crippen molar-refractivity contribution in [1.29, 1.82) is 0 Å². The van der Waals surface area contributed by atoms with Crippen LogP contribution in [-0.2, 0) is 0 Å². The van der Waals surface area contributed by atoms with E-state index in [1.807, 2.05) is 0 Å². The lowest BCUT2D eigenvalue weighted by atomic mass is 9.71. The maximum Gasteiger partial charge on any atom is 0.00671 e. The summed E-state index contributed by atoms with van der Waals surface area (Å²) in [6.45, 7) is 4.61. The molecule has 100 valence electrons. The first-order chi connectivity index (χ1) is 8.06. The topological polar surface area (TPSA) is 52.0 Å². The lowest BCUT2D eigenvalue weighted by Crippen LogP contribution is -2.38. The largest absolute Gasteiger partial charge is 0.327 e. The molecule has 6 unspecified atom stereocenters. The summed E-state index contributed by atoms with van der Waals surface area (Å²) in [5.74, 6) is 3.23. The Labute approximate surface area is 107 Å². The molecular formula is C15H30N2. The van der Waals surface area contributed by atoms with Gasteiger partial charge in [-0.15, -0.1) is 0 Å². The van der Waals surface area contributed by atoms with Crippen LogP contribution in [0.4, 0.5) is 0 Å². The van der Waals surface area contributed by atoms with Crippen molar-refractivity contribution in [3.63, 3.8) is 0 Å². The van der Waals surface area contributed by atoms with Crippen LogP contribution in [0.3, 0.4) is 0 Å². The fraction of sp³-hybridized carbons (Fsp3) is 1.00. The molecule has 2 aliphatic carbocycles. The fourth-order valence-electron chi connectivity index (χ4n) is 3.80. The Morgan fingerprint density at radius 3 is 1.53 bits per heavy atom. The van der Waals surface area contributed by atoms with E-state index in [1.54, 1.807) is 0 Å². The molecule has 2 fully saturated rings. The minimum atomic E-state index is 0.449. The highest BCUT2D eigenvalue weighted by Crippen LogP contribution is 2.37. The third-order valence-corrected chi connectivity index (χ3v) is 5.40. The molecule has 0 aromatic heterocycles. The molecule has 17 heavy (non-hydrogen) atoms. The Morgan fingerprint density at radius 2 is 1.18 bits per heavy atom. The van der Waals surface area contributed by atoms with Crippen molar-refractivity contribution in [1.82, 2.24) is 0 Å². The molecule has 2 saturated carbocycles. The molecule has 0 heterocycles. The first kappa shape index (κ1) is 13.4. The first-order valence-electron chi connectivity index (χ1n) is 7.57. The normalized spacial score (nSPS) is 48.0. The zero-order valence-electron chi connectivity index (χ0n) is 11.6. The van der Waals surface area contributed by atoms with Crippen molar-refractivity contribution >= 4 is 0 Å². The zero-order valence-corrected chi connectivity index (χ0v) is 11.6. The highest BCUT2D eigenvalue weighted by Gasteiger charge is 2.30. The van der Waals surface area contributed by atoms with Crippen LogP contribution in [0.1, 0.15) is 58.8 Å². The van der Waals surface area contributed by atoms with E-state index in [-0.39, 0.29) is 0 Å². The van der Waals surface area contributed by atoms with Crippen molar-refractivity contribution in [3.8, 4) is 0 Å².